The predicted molar refractivity (Wildman–Crippen MR) is 87.0 cm³/mol. The maximum Gasteiger partial charge on any atom is 0.222 e. The van der Waals surface area contributed by atoms with Crippen LogP contribution >= 0.6 is 11.6 Å². The molecule has 3 aromatic rings. The molecule has 0 saturated heterocycles. The molecule has 2 atom stereocenters. The van der Waals surface area contributed by atoms with Gasteiger partial charge in [0.25, 0.3) is 0 Å². The summed E-state index contributed by atoms with van der Waals surface area (Å²) in [4.78, 5) is 4.34. The molecule has 2 heterocycles. The molecular weight excluding hydrogens is 296 g/mol. The Morgan fingerprint density at radius 3 is 2.55 bits per heavy atom. The summed E-state index contributed by atoms with van der Waals surface area (Å²) in [6, 6.07) is 18.8. The van der Waals surface area contributed by atoms with Crippen molar-refractivity contribution in [2.24, 2.45) is 0 Å². The molecule has 5 heteroatoms. The average Bonchev–Trinajstić information content (AvgIpc) is 3.04. The molecule has 1 aliphatic heterocycles. The number of halogens is 1. The first-order valence-corrected chi connectivity index (χ1v) is 7.65. The zero-order valence-electron chi connectivity index (χ0n) is 11.9. The van der Waals surface area contributed by atoms with Gasteiger partial charge in [0, 0.05) is 5.02 Å². The van der Waals surface area contributed by atoms with Crippen LogP contribution in [0.5, 0.6) is 0 Å². The summed E-state index contributed by atoms with van der Waals surface area (Å²) in [6.07, 6.45) is 2.52. The molecule has 4 rings (SSSR count). The largest absolute Gasteiger partial charge is 0.348 e. The lowest BCUT2D eigenvalue weighted by molar-refractivity contribution is 0.431. The zero-order valence-corrected chi connectivity index (χ0v) is 12.6. The van der Waals surface area contributed by atoms with Crippen molar-refractivity contribution in [1.82, 2.24) is 14.8 Å². The van der Waals surface area contributed by atoms with Crippen molar-refractivity contribution >= 4 is 17.5 Å². The Hall–Kier alpha value is -2.33. The van der Waals surface area contributed by atoms with Crippen molar-refractivity contribution in [3.63, 3.8) is 0 Å². The fraction of sp³-hybridized carbons (Fsp3) is 0.176. The van der Waals surface area contributed by atoms with E-state index >= 15 is 0 Å². The van der Waals surface area contributed by atoms with Gasteiger partial charge in [-0.3, -0.25) is 0 Å². The van der Waals surface area contributed by atoms with Crippen LogP contribution in [0.1, 0.15) is 29.6 Å². The van der Waals surface area contributed by atoms with Crippen LogP contribution in [0.2, 0.25) is 5.02 Å². The van der Waals surface area contributed by atoms with Crippen LogP contribution in [-0.2, 0) is 0 Å². The van der Waals surface area contributed by atoms with E-state index < -0.39 is 0 Å². The SMILES string of the molecule is Clc1ccc([C@H]2C[C@@H](c3ccccc3)n3ncnc3N2)cc1. The third kappa shape index (κ3) is 2.35. The van der Waals surface area contributed by atoms with E-state index in [9.17, 15) is 0 Å². The second kappa shape index (κ2) is 5.46. The number of rotatable bonds is 2. The molecule has 1 aliphatic rings. The van der Waals surface area contributed by atoms with E-state index in [1.54, 1.807) is 6.33 Å². The summed E-state index contributed by atoms with van der Waals surface area (Å²) in [7, 11) is 0. The number of hydrogen-bond donors (Lipinski definition) is 1. The van der Waals surface area contributed by atoms with Crippen LogP contribution in [-0.4, -0.2) is 14.8 Å². The molecule has 2 aromatic carbocycles. The van der Waals surface area contributed by atoms with E-state index in [0.29, 0.717) is 0 Å². The standard InChI is InChI=1S/C17H15ClN4/c18-14-8-6-12(7-9-14)15-10-16(13-4-2-1-3-5-13)22-17(21-15)19-11-20-22/h1-9,11,15-16H,10H2,(H,19,20,21)/t15-,16+/m1/s1. The Labute approximate surface area is 133 Å². The van der Waals surface area contributed by atoms with Gasteiger partial charge < -0.3 is 5.32 Å². The smallest absolute Gasteiger partial charge is 0.222 e. The number of nitrogens with zero attached hydrogens (tertiary/aromatic N) is 3. The van der Waals surface area contributed by atoms with Crippen molar-refractivity contribution in [3.05, 3.63) is 77.1 Å². The van der Waals surface area contributed by atoms with Gasteiger partial charge in [-0.25, -0.2) is 4.68 Å². The summed E-state index contributed by atoms with van der Waals surface area (Å²) in [5, 5.41) is 8.59. The first-order chi connectivity index (χ1) is 10.8. The molecule has 0 amide bonds. The Kier molecular flexibility index (Phi) is 3.31. The fourth-order valence-electron chi connectivity index (χ4n) is 2.99. The Balaban J connectivity index is 1.72. The average molecular weight is 311 g/mol. The number of fused-ring (bicyclic) bond motifs is 1. The highest BCUT2D eigenvalue weighted by atomic mass is 35.5. The van der Waals surface area contributed by atoms with Gasteiger partial charge in [-0.1, -0.05) is 54.1 Å². The van der Waals surface area contributed by atoms with Gasteiger partial charge in [0.15, 0.2) is 0 Å². The third-order valence-electron chi connectivity index (χ3n) is 4.09. The molecular formula is C17H15ClN4. The van der Waals surface area contributed by atoms with Crippen molar-refractivity contribution in [3.8, 4) is 0 Å². The van der Waals surface area contributed by atoms with Gasteiger partial charge >= 0.3 is 0 Å². The maximum atomic E-state index is 5.99. The number of aromatic nitrogens is 3. The highest BCUT2D eigenvalue weighted by Gasteiger charge is 2.29. The molecule has 110 valence electrons. The van der Waals surface area contributed by atoms with E-state index in [0.717, 1.165) is 17.4 Å². The number of nitrogens with one attached hydrogen (secondary N) is 1. The van der Waals surface area contributed by atoms with E-state index in [1.165, 1.54) is 11.1 Å². The number of benzene rings is 2. The molecule has 0 fully saturated rings. The topological polar surface area (TPSA) is 42.7 Å². The first kappa shape index (κ1) is 13.3. The predicted octanol–water partition coefficient (Wildman–Crippen LogP) is 4.08. The first-order valence-electron chi connectivity index (χ1n) is 7.28. The number of anilines is 1. The van der Waals surface area contributed by atoms with Crippen LogP contribution in [0, 0.1) is 0 Å². The quantitative estimate of drug-likeness (QED) is 0.775. The van der Waals surface area contributed by atoms with Gasteiger partial charge in [-0.2, -0.15) is 10.1 Å². The Bertz CT molecular complexity index is 767. The molecule has 0 unspecified atom stereocenters. The summed E-state index contributed by atoms with van der Waals surface area (Å²) < 4.78 is 1.96. The van der Waals surface area contributed by atoms with Crippen molar-refractivity contribution in [1.29, 1.82) is 0 Å². The van der Waals surface area contributed by atoms with E-state index in [4.69, 9.17) is 11.6 Å². The monoisotopic (exact) mass is 310 g/mol. The van der Waals surface area contributed by atoms with E-state index in [1.807, 2.05) is 22.9 Å². The second-order valence-electron chi connectivity index (χ2n) is 5.44. The van der Waals surface area contributed by atoms with E-state index in [-0.39, 0.29) is 12.1 Å². The summed E-state index contributed by atoms with van der Waals surface area (Å²) >= 11 is 5.99. The lowest BCUT2D eigenvalue weighted by Crippen LogP contribution is -2.28. The minimum absolute atomic E-state index is 0.181. The molecule has 0 aliphatic carbocycles. The van der Waals surface area contributed by atoms with Crippen molar-refractivity contribution < 1.29 is 0 Å². The molecule has 4 nitrogen and oxygen atoms in total. The molecule has 0 radical (unpaired) electrons. The second-order valence-corrected chi connectivity index (χ2v) is 5.88. The van der Waals surface area contributed by atoms with Crippen molar-refractivity contribution in [2.45, 2.75) is 18.5 Å². The summed E-state index contributed by atoms with van der Waals surface area (Å²) in [6.45, 7) is 0. The van der Waals surface area contributed by atoms with E-state index in [2.05, 4.69) is 51.8 Å². The van der Waals surface area contributed by atoms with Crippen LogP contribution < -0.4 is 5.32 Å². The van der Waals surface area contributed by atoms with Gasteiger partial charge in [-0.05, 0) is 29.7 Å². The Morgan fingerprint density at radius 1 is 1.00 bits per heavy atom. The van der Waals surface area contributed by atoms with Gasteiger partial charge in [0.05, 0.1) is 12.1 Å². The Morgan fingerprint density at radius 2 is 1.77 bits per heavy atom. The minimum Gasteiger partial charge on any atom is -0.348 e. The summed E-state index contributed by atoms with van der Waals surface area (Å²) in [5.41, 5.74) is 2.45. The molecule has 0 saturated carbocycles. The maximum absolute atomic E-state index is 5.99. The lowest BCUT2D eigenvalue weighted by Gasteiger charge is -2.31. The highest BCUT2D eigenvalue weighted by Crippen LogP contribution is 2.37. The van der Waals surface area contributed by atoms with Crippen LogP contribution in [0.3, 0.4) is 0 Å². The van der Waals surface area contributed by atoms with Crippen LogP contribution in [0.25, 0.3) is 0 Å². The number of hydrogen-bond acceptors (Lipinski definition) is 3. The lowest BCUT2D eigenvalue weighted by atomic mass is 9.93. The normalized spacial score (nSPS) is 20.2. The zero-order chi connectivity index (χ0) is 14.9. The molecule has 1 aromatic heterocycles. The molecule has 0 spiro atoms. The summed E-state index contributed by atoms with van der Waals surface area (Å²) in [5.74, 6) is 0.806. The van der Waals surface area contributed by atoms with Crippen LogP contribution in [0.15, 0.2) is 60.9 Å². The van der Waals surface area contributed by atoms with Gasteiger partial charge in [0.1, 0.15) is 6.33 Å². The molecule has 0 bridgehead atoms. The molecule has 22 heavy (non-hydrogen) atoms. The van der Waals surface area contributed by atoms with Gasteiger partial charge in [-0.15, -0.1) is 0 Å². The van der Waals surface area contributed by atoms with Crippen LogP contribution in [0.4, 0.5) is 5.95 Å². The fourth-order valence-corrected chi connectivity index (χ4v) is 3.11. The highest BCUT2D eigenvalue weighted by molar-refractivity contribution is 6.30. The molecule has 1 N–H and O–H groups in total. The third-order valence-corrected chi connectivity index (χ3v) is 4.34. The minimum atomic E-state index is 0.181. The van der Waals surface area contributed by atoms with Gasteiger partial charge in [0.2, 0.25) is 5.95 Å². The van der Waals surface area contributed by atoms with Crippen molar-refractivity contribution in [2.75, 3.05) is 5.32 Å².